The van der Waals surface area contributed by atoms with Crippen LogP contribution in [0, 0.1) is 6.92 Å². The molecule has 0 fully saturated rings. The molecule has 13 heavy (non-hydrogen) atoms. The standard InChI is InChI=1S/C11H16N2/c1-8-4-5-11-9(7-8)10(12)3-2-6-13-11/h4-5,7,10,13H,2-3,6,12H2,1H3/t10-/m1/s1. The van der Waals surface area contributed by atoms with Crippen LogP contribution in [-0.4, -0.2) is 6.54 Å². The van der Waals surface area contributed by atoms with Crippen molar-refractivity contribution in [2.24, 2.45) is 5.73 Å². The molecule has 3 N–H and O–H groups in total. The van der Waals surface area contributed by atoms with Crippen LogP contribution < -0.4 is 11.1 Å². The van der Waals surface area contributed by atoms with E-state index in [9.17, 15) is 0 Å². The molecule has 1 aliphatic heterocycles. The van der Waals surface area contributed by atoms with Gasteiger partial charge in [-0.15, -0.1) is 0 Å². The summed E-state index contributed by atoms with van der Waals surface area (Å²) in [5.41, 5.74) is 9.86. The van der Waals surface area contributed by atoms with Crippen molar-refractivity contribution >= 4 is 5.69 Å². The number of benzene rings is 1. The molecule has 1 heterocycles. The zero-order valence-electron chi connectivity index (χ0n) is 8.01. The number of nitrogens with two attached hydrogens (primary N) is 1. The van der Waals surface area contributed by atoms with Crippen molar-refractivity contribution in [3.63, 3.8) is 0 Å². The molecule has 0 aromatic heterocycles. The largest absolute Gasteiger partial charge is 0.385 e. The first kappa shape index (κ1) is 8.57. The van der Waals surface area contributed by atoms with Gasteiger partial charge in [0.25, 0.3) is 0 Å². The van der Waals surface area contributed by atoms with Gasteiger partial charge in [0.05, 0.1) is 0 Å². The lowest BCUT2D eigenvalue weighted by Gasteiger charge is -2.12. The van der Waals surface area contributed by atoms with E-state index in [1.807, 2.05) is 0 Å². The molecule has 1 atom stereocenters. The van der Waals surface area contributed by atoms with Gasteiger partial charge in [-0.3, -0.25) is 0 Å². The molecule has 0 radical (unpaired) electrons. The fraction of sp³-hybridized carbons (Fsp3) is 0.455. The van der Waals surface area contributed by atoms with E-state index in [1.54, 1.807) is 0 Å². The monoisotopic (exact) mass is 176 g/mol. The van der Waals surface area contributed by atoms with Crippen LogP contribution >= 0.6 is 0 Å². The second-order valence-corrected chi connectivity index (χ2v) is 3.77. The van der Waals surface area contributed by atoms with Gasteiger partial charge in [-0.05, 0) is 31.4 Å². The molecule has 2 nitrogen and oxygen atoms in total. The quantitative estimate of drug-likeness (QED) is 0.636. The van der Waals surface area contributed by atoms with Gasteiger partial charge in [0.2, 0.25) is 0 Å². The summed E-state index contributed by atoms with van der Waals surface area (Å²) < 4.78 is 0. The highest BCUT2D eigenvalue weighted by atomic mass is 14.9. The summed E-state index contributed by atoms with van der Waals surface area (Å²) in [6.45, 7) is 3.15. The van der Waals surface area contributed by atoms with Crippen LogP contribution in [0.4, 0.5) is 5.69 Å². The molecule has 1 aromatic carbocycles. The Labute approximate surface area is 79.1 Å². The average molecular weight is 176 g/mol. The van der Waals surface area contributed by atoms with E-state index >= 15 is 0 Å². The Kier molecular flexibility index (Phi) is 2.23. The van der Waals surface area contributed by atoms with E-state index in [0.29, 0.717) is 0 Å². The maximum atomic E-state index is 6.08. The van der Waals surface area contributed by atoms with Gasteiger partial charge >= 0.3 is 0 Å². The normalized spacial score (nSPS) is 21.5. The maximum absolute atomic E-state index is 6.08. The third kappa shape index (κ3) is 1.68. The summed E-state index contributed by atoms with van der Waals surface area (Å²) in [7, 11) is 0. The Hall–Kier alpha value is -1.02. The van der Waals surface area contributed by atoms with Crippen molar-refractivity contribution in [2.75, 3.05) is 11.9 Å². The van der Waals surface area contributed by atoms with Gasteiger partial charge in [0.15, 0.2) is 0 Å². The van der Waals surface area contributed by atoms with E-state index in [2.05, 4.69) is 30.4 Å². The van der Waals surface area contributed by atoms with Crippen LogP contribution in [-0.2, 0) is 0 Å². The lowest BCUT2D eigenvalue weighted by molar-refractivity contribution is 0.642. The van der Waals surface area contributed by atoms with E-state index in [1.165, 1.54) is 16.8 Å². The van der Waals surface area contributed by atoms with E-state index < -0.39 is 0 Å². The second-order valence-electron chi connectivity index (χ2n) is 3.77. The summed E-state index contributed by atoms with van der Waals surface area (Å²) in [5, 5.41) is 3.40. The minimum absolute atomic E-state index is 0.213. The minimum atomic E-state index is 0.213. The smallest absolute Gasteiger partial charge is 0.0388 e. The first-order valence-electron chi connectivity index (χ1n) is 4.87. The highest BCUT2D eigenvalue weighted by molar-refractivity contribution is 5.54. The number of nitrogens with one attached hydrogen (secondary N) is 1. The first-order valence-corrected chi connectivity index (χ1v) is 4.87. The van der Waals surface area contributed by atoms with Crippen LogP contribution in [0.25, 0.3) is 0 Å². The topological polar surface area (TPSA) is 38.0 Å². The van der Waals surface area contributed by atoms with Gasteiger partial charge in [-0.1, -0.05) is 17.7 Å². The van der Waals surface area contributed by atoms with Crippen LogP contribution in [0.5, 0.6) is 0 Å². The Balaban J connectivity index is 2.43. The number of fused-ring (bicyclic) bond motifs is 1. The molecule has 1 aliphatic rings. The molecule has 1 aromatic rings. The summed E-state index contributed by atoms with van der Waals surface area (Å²) in [5.74, 6) is 0. The Morgan fingerprint density at radius 3 is 3.15 bits per heavy atom. The number of hydrogen-bond donors (Lipinski definition) is 2. The molecule has 2 heteroatoms. The molecule has 0 aliphatic carbocycles. The van der Waals surface area contributed by atoms with Gasteiger partial charge in [-0.25, -0.2) is 0 Å². The van der Waals surface area contributed by atoms with E-state index in [0.717, 1.165) is 19.4 Å². The number of hydrogen-bond acceptors (Lipinski definition) is 2. The molecular weight excluding hydrogens is 160 g/mol. The van der Waals surface area contributed by atoms with Crippen LogP contribution in [0.1, 0.15) is 30.0 Å². The van der Waals surface area contributed by atoms with Gasteiger partial charge in [0, 0.05) is 18.3 Å². The van der Waals surface area contributed by atoms with Gasteiger partial charge in [-0.2, -0.15) is 0 Å². The van der Waals surface area contributed by atoms with Crippen molar-refractivity contribution in [3.8, 4) is 0 Å². The number of aryl methyl sites for hydroxylation is 1. The fourth-order valence-corrected chi connectivity index (χ4v) is 1.85. The van der Waals surface area contributed by atoms with Gasteiger partial charge < -0.3 is 11.1 Å². The first-order chi connectivity index (χ1) is 6.27. The van der Waals surface area contributed by atoms with Gasteiger partial charge in [0.1, 0.15) is 0 Å². The second kappa shape index (κ2) is 3.38. The van der Waals surface area contributed by atoms with Crippen LogP contribution in [0.3, 0.4) is 0 Å². The predicted octanol–water partition coefficient (Wildman–Crippen LogP) is 2.20. The van der Waals surface area contributed by atoms with E-state index in [-0.39, 0.29) is 6.04 Å². The van der Waals surface area contributed by atoms with Crippen molar-refractivity contribution in [3.05, 3.63) is 29.3 Å². The lowest BCUT2D eigenvalue weighted by atomic mass is 10.0. The minimum Gasteiger partial charge on any atom is -0.385 e. The molecule has 0 spiro atoms. The number of rotatable bonds is 0. The summed E-state index contributed by atoms with van der Waals surface area (Å²) in [6.07, 6.45) is 2.25. The Morgan fingerprint density at radius 2 is 2.31 bits per heavy atom. The molecule has 0 amide bonds. The zero-order chi connectivity index (χ0) is 9.26. The Bertz CT molecular complexity index is 307. The summed E-state index contributed by atoms with van der Waals surface area (Å²) in [4.78, 5) is 0. The molecule has 0 saturated heterocycles. The molecule has 0 saturated carbocycles. The predicted molar refractivity (Wildman–Crippen MR) is 55.8 cm³/mol. The summed E-state index contributed by atoms with van der Waals surface area (Å²) >= 11 is 0. The highest BCUT2D eigenvalue weighted by Crippen LogP contribution is 2.28. The molecule has 2 rings (SSSR count). The molecule has 0 bridgehead atoms. The van der Waals surface area contributed by atoms with Crippen LogP contribution in [0.2, 0.25) is 0 Å². The van der Waals surface area contributed by atoms with Crippen molar-refractivity contribution in [1.82, 2.24) is 0 Å². The highest BCUT2D eigenvalue weighted by Gasteiger charge is 2.14. The van der Waals surface area contributed by atoms with Crippen molar-refractivity contribution < 1.29 is 0 Å². The molecule has 70 valence electrons. The lowest BCUT2D eigenvalue weighted by Crippen LogP contribution is -2.09. The molecule has 0 unspecified atom stereocenters. The average Bonchev–Trinajstić information content (AvgIpc) is 2.29. The van der Waals surface area contributed by atoms with E-state index in [4.69, 9.17) is 5.73 Å². The Morgan fingerprint density at radius 1 is 1.46 bits per heavy atom. The van der Waals surface area contributed by atoms with Crippen LogP contribution in [0.15, 0.2) is 18.2 Å². The third-order valence-electron chi connectivity index (χ3n) is 2.61. The zero-order valence-corrected chi connectivity index (χ0v) is 8.01. The molecular formula is C11H16N2. The van der Waals surface area contributed by atoms with Crippen molar-refractivity contribution in [1.29, 1.82) is 0 Å². The third-order valence-corrected chi connectivity index (χ3v) is 2.61. The SMILES string of the molecule is Cc1ccc2c(c1)[C@H](N)CCCN2. The fourth-order valence-electron chi connectivity index (χ4n) is 1.85. The summed E-state index contributed by atoms with van der Waals surface area (Å²) in [6, 6.07) is 6.67. The number of anilines is 1. The van der Waals surface area contributed by atoms with Crippen molar-refractivity contribution in [2.45, 2.75) is 25.8 Å². The maximum Gasteiger partial charge on any atom is 0.0388 e.